The molecule has 0 unspecified atom stereocenters. The SMILES string of the molecule is COc1cnc2cccc(-c3nc(C(F)(F)F)cs3)c2c1Br. The lowest BCUT2D eigenvalue weighted by molar-refractivity contribution is -0.140. The zero-order valence-corrected chi connectivity index (χ0v) is 13.5. The average Bonchev–Trinajstić information content (AvgIpc) is 2.97. The van der Waals surface area contributed by atoms with Gasteiger partial charge in [0, 0.05) is 16.3 Å². The summed E-state index contributed by atoms with van der Waals surface area (Å²) in [6.45, 7) is 0. The number of rotatable bonds is 2. The fraction of sp³-hybridized carbons (Fsp3) is 0.143. The van der Waals surface area contributed by atoms with Gasteiger partial charge in [-0.3, -0.25) is 4.98 Å². The fourth-order valence-corrected chi connectivity index (χ4v) is 3.57. The van der Waals surface area contributed by atoms with Gasteiger partial charge in [0.15, 0.2) is 11.4 Å². The Kier molecular flexibility index (Phi) is 3.82. The standard InChI is InChI=1S/C14H8BrF3N2OS/c1-21-9-5-19-8-4-2-3-7(11(8)12(9)15)13-20-10(6-22-13)14(16,17)18/h2-6H,1H3. The second-order valence-corrected chi connectivity index (χ2v) is 6.03. The molecule has 0 aliphatic heterocycles. The van der Waals surface area contributed by atoms with Crippen molar-refractivity contribution in [2.45, 2.75) is 6.18 Å². The van der Waals surface area contributed by atoms with Crippen molar-refractivity contribution in [1.82, 2.24) is 9.97 Å². The van der Waals surface area contributed by atoms with Crippen LogP contribution in [0.5, 0.6) is 5.75 Å². The number of pyridine rings is 1. The summed E-state index contributed by atoms with van der Waals surface area (Å²) in [7, 11) is 1.50. The average molecular weight is 389 g/mol. The van der Waals surface area contributed by atoms with E-state index in [0.29, 0.717) is 26.7 Å². The molecule has 0 fully saturated rings. The van der Waals surface area contributed by atoms with Crippen molar-refractivity contribution in [3.8, 4) is 16.3 Å². The van der Waals surface area contributed by atoms with Gasteiger partial charge in [-0.2, -0.15) is 13.2 Å². The van der Waals surface area contributed by atoms with Crippen LogP contribution in [-0.2, 0) is 6.18 Å². The van der Waals surface area contributed by atoms with Crippen LogP contribution in [0.15, 0.2) is 34.2 Å². The Morgan fingerprint density at radius 3 is 2.68 bits per heavy atom. The molecule has 0 saturated heterocycles. The number of hydrogen-bond acceptors (Lipinski definition) is 4. The lowest BCUT2D eigenvalue weighted by Crippen LogP contribution is -2.04. The lowest BCUT2D eigenvalue weighted by atomic mass is 10.1. The van der Waals surface area contributed by atoms with E-state index >= 15 is 0 Å². The summed E-state index contributed by atoms with van der Waals surface area (Å²) >= 11 is 4.37. The maximum absolute atomic E-state index is 12.7. The molecule has 22 heavy (non-hydrogen) atoms. The van der Waals surface area contributed by atoms with Gasteiger partial charge in [-0.15, -0.1) is 11.3 Å². The number of ether oxygens (including phenoxy) is 1. The molecule has 0 atom stereocenters. The molecule has 0 N–H and O–H groups in total. The highest BCUT2D eigenvalue weighted by atomic mass is 79.9. The summed E-state index contributed by atoms with van der Waals surface area (Å²) in [6.07, 6.45) is -2.90. The zero-order valence-electron chi connectivity index (χ0n) is 11.1. The van der Waals surface area contributed by atoms with E-state index in [1.54, 1.807) is 24.4 Å². The quantitative estimate of drug-likeness (QED) is 0.608. The number of alkyl halides is 3. The lowest BCUT2D eigenvalue weighted by Gasteiger charge is -2.09. The van der Waals surface area contributed by atoms with Crippen LogP contribution in [0, 0.1) is 0 Å². The highest BCUT2D eigenvalue weighted by Crippen LogP contribution is 2.40. The maximum atomic E-state index is 12.7. The number of nitrogens with zero attached hydrogens (tertiary/aromatic N) is 2. The monoisotopic (exact) mass is 388 g/mol. The Hall–Kier alpha value is -1.67. The Morgan fingerprint density at radius 2 is 2.05 bits per heavy atom. The third kappa shape index (κ3) is 2.56. The summed E-state index contributed by atoms with van der Waals surface area (Å²) in [5.41, 5.74) is 0.335. The number of fused-ring (bicyclic) bond motifs is 1. The Labute approximate surface area is 135 Å². The highest BCUT2D eigenvalue weighted by Gasteiger charge is 2.34. The molecule has 0 bridgehead atoms. The van der Waals surface area contributed by atoms with Gasteiger partial charge in [0.05, 0.1) is 23.3 Å². The molecule has 0 spiro atoms. The molecule has 0 saturated carbocycles. The van der Waals surface area contributed by atoms with E-state index in [-0.39, 0.29) is 5.01 Å². The minimum atomic E-state index is -4.45. The van der Waals surface area contributed by atoms with Crippen molar-refractivity contribution >= 4 is 38.2 Å². The van der Waals surface area contributed by atoms with Gasteiger partial charge >= 0.3 is 6.18 Å². The topological polar surface area (TPSA) is 35.0 Å². The van der Waals surface area contributed by atoms with Gasteiger partial charge in [0.25, 0.3) is 0 Å². The molecule has 1 aromatic carbocycles. The maximum Gasteiger partial charge on any atom is 0.434 e. The Bertz CT molecular complexity index is 848. The smallest absolute Gasteiger partial charge is 0.434 e. The fourth-order valence-electron chi connectivity index (χ4n) is 2.03. The molecule has 0 amide bonds. The van der Waals surface area contributed by atoms with Gasteiger partial charge in [0.1, 0.15) is 5.01 Å². The molecule has 3 rings (SSSR count). The van der Waals surface area contributed by atoms with Crippen molar-refractivity contribution in [3.05, 3.63) is 39.9 Å². The summed E-state index contributed by atoms with van der Waals surface area (Å²) in [4.78, 5) is 7.96. The molecule has 3 nitrogen and oxygen atoms in total. The first kappa shape index (κ1) is 15.2. The van der Waals surface area contributed by atoms with Crippen LogP contribution in [-0.4, -0.2) is 17.1 Å². The molecular weight excluding hydrogens is 381 g/mol. The highest BCUT2D eigenvalue weighted by molar-refractivity contribution is 9.10. The zero-order chi connectivity index (χ0) is 15.9. The van der Waals surface area contributed by atoms with Crippen molar-refractivity contribution in [2.75, 3.05) is 7.11 Å². The van der Waals surface area contributed by atoms with Crippen LogP contribution in [0.2, 0.25) is 0 Å². The predicted octanol–water partition coefficient (Wildman–Crippen LogP) is 5.15. The number of hydrogen-bond donors (Lipinski definition) is 0. The normalized spacial score (nSPS) is 11.9. The van der Waals surface area contributed by atoms with Gasteiger partial charge in [0.2, 0.25) is 0 Å². The van der Waals surface area contributed by atoms with Gasteiger partial charge in [-0.05, 0) is 22.0 Å². The van der Waals surface area contributed by atoms with Crippen LogP contribution in [0.3, 0.4) is 0 Å². The molecule has 2 aromatic heterocycles. The van der Waals surface area contributed by atoms with E-state index in [1.165, 1.54) is 7.11 Å². The van der Waals surface area contributed by atoms with Crippen molar-refractivity contribution < 1.29 is 17.9 Å². The molecule has 2 heterocycles. The van der Waals surface area contributed by atoms with Crippen molar-refractivity contribution in [1.29, 1.82) is 0 Å². The molecule has 8 heteroatoms. The Balaban J connectivity index is 2.25. The largest absolute Gasteiger partial charge is 0.494 e. The number of thiazole rings is 1. The second-order valence-electron chi connectivity index (χ2n) is 4.38. The van der Waals surface area contributed by atoms with Gasteiger partial charge < -0.3 is 4.74 Å². The number of halogens is 4. The summed E-state index contributed by atoms with van der Waals surface area (Å²) in [6, 6.07) is 5.23. The van der Waals surface area contributed by atoms with Gasteiger partial charge in [-0.1, -0.05) is 12.1 Å². The van der Waals surface area contributed by atoms with Crippen molar-refractivity contribution in [2.24, 2.45) is 0 Å². The molecular formula is C14H8BrF3N2OS. The molecule has 0 aliphatic rings. The van der Waals surface area contributed by atoms with E-state index in [9.17, 15) is 13.2 Å². The van der Waals surface area contributed by atoms with E-state index < -0.39 is 11.9 Å². The first-order valence-electron chi connectivity index (χ1n) is 6.06. The minimum Gasteiger partial charge on any atom is -0.494 e. The second kappa shape index (κ2) is 5.51. The number of benzene rings is 1. The first-order valence-corrected chi connectivity index (χ1v) is 7.73. The molecule has 0 aliphatic carbocycles. The van der Waals surface area contributed by atoms with Crippen LogP contribution in [0.25, 0.3) is 21.5 Å². The summed E-state index contributed by atoms with van der Waals surface area (Å²) < 4.78 is 44.0. The van der Waals surface area contributed by atoms with E-state index in [2.05, 4.69) is 25.9 Å². The first-order chi connectivity index (χ1) is 10.4. The van der Waals surface area contributed by atoms with E-state index in [0.717, 1.165) is 16.7 Å². The van der Waals surface area contributed by atoms with E-state index in [1.807, 2.05) is 0 Å². The number of aromatic nitrogens is 2. The third-order valence-electron chi connectivity index (χ3n) is 3.04. The molecule has 0 radical (unpaired) electrons. The van der Waals surface area contributed by atoms with E-state index in [4.69, 9.17) is 4.74 Å². The summed E-state index contributed by atoms with van der Waals surface area (Å²) in [5.74, 6) is 0.507. The summed E-state index contributed by atoms with van der Waals surface area (Å²) in [5, 5.41) is 1.97. The third-order valence-corrected chi connectivity index (χ3v) is 4.71. The number of methoxy groups -OCH3 is 1. The predicted molar refractivity (Wildman–Crippen MR) is 82.1 cm³/mol. The van der Waals surface area contributed by atoms with Crippen LogP contribution in [0.4, 0.5) is 13.2 Å². The van der Waals surface area contributed by atoms with Gasteiger partial charge in [-0.25, -0.2) is 4.98 Å². The van der Waals surface area contributed by atoms with Crippen molar-refractivity contribution in [3.63, 3.8) is 0 Å². The minimum absolute atomic E-state index is 0.286. The van der Waals surface area contributed by atoms with Crippen LogP contribution in [0.1, 0.15) is 5.69 Å². The van der Waals surface area contributed by atoms with Crippen LogP contribution < -0.4 is 4.74 Å². The van der Waals surface area contributed by atoms with Crippen LogP contribution >= 0.6 is 27.3 Å². The molecule has 114 valence electrons. The Morgan fingerprint density at radius 1 is 1.27 bits per heavy atom. The molecule has 3 aromatic rings.